The highest BCUT2D eigenvalue weighted by Crippen LogP contribution is 2.19. The molecule has 1 heterocycles. The topological polar surface area (TPSA) is 68.0 Å². The fraction of sp³-hybridized carbons (Fsp3) is 0.182. The Hall–Kier alpha value is -1.69. The van der Waals surface area contributed by atoms with Gasteiger partial charge in [-0.2, -0.15) is 0 Å². The van der Waals surface area contributed by atoms with Crippen molar-refractivity contribution in [3.8, 4) is 5.69 Å². The Morgan fingerprint density at radius 3 is 2.94 bits per heavy atom. The van der Waals surface area contributed by atoms with Crippen LogP contribution < -0.4 is 0 Å². The van der Waals surface area contributed by atoms with Gasteiger partial charge in [0.15, 0.2) is 0 Å². The Morgan fingerprint density at radius 2 is 2.29 bits per heavy atom. The van der Waals surface area contributed by atoms with Crippen LogP contribution in [0.2, 0.25) is 0 Å². The molecule has 0 aliphatic carbocycles. The third kappa shape index (κ3) is 2.52. The van der Waals surface area contributed by atoms with E-state index in [4.69, 9.17) is 5.11 Å². The molecule has 0 radical (unpaired) electrons. The number of benzene rings is 1. The van der Waals surface area contributed by atoms with E-state index in [0.717, 1.165) is 15.7 Å². The molecule has 2 rings (SSSR count). The summed E-state index contributed by atoms with van der Waals surface area (Å²) in [6.45, 7) is 1.96. The lowest BCUT2D eigenvalue weighted by molar-refractivity contribution is -0.136. The molecule has 0 aliphatic heterocycles. The summed E-state index contributed by atoms with van der Waals surface area (Å²) in [5.74, 6) is -0.901. The van der Waals surface area contributed by atoms with E-state index in [9.17, 15) is 4.79 Å². The van der Waals surface area contributed by atoms with Gasteiger partial charge in [0.25, 0.3) is 0 Å². The highest BCUT2D eigenvalue weighted by atomic mass is 79.9. The molecular weight excluding hydrogens is 286 g/mol. The van der Waals surface area contributed by atoms with E-state index in [1.54, 1.807) is 0 Å². The fourth-order valence-electron chi connectivity index (χ4n) is 1.51. The number of carboxylic acid groups (broad SMARTS) is 1. The minimum atomic E-state index is -0.901. The standard InChI is InChI=1S/C11H10BrN3O2/c1-7-4-8(2-3-10(7)12)15-9(5-11(16)17)6-13-14-15/h2-4,6H,5H2,1H3,(H,16,17). The number of aryl methyl sites for hydroxylation is 1. The van der Waals surface area contributed by atoms with Crippen molar-refractivity contribution in [1.29, 1.82) is 0 Å². The second kappa shape index (κ2) is 4.67. The lowest BCUT2D eigenvalue weighted by Crippen LogP contribution is -2.08. The molecule has 0 bridgehead atoms. The molecule has 1 aromatic heterocycles. The zero-order valence-corrected chi connectivity index (χ0v) is 10.7. The molecule has 0 unspecified atom stereocenters. The zero-order chi connectivity index (χ0) is 12.4. The summed E-state index contributed by atoms with van der Waals surface area (Å²) in [6.07, 6.45) is 1.37. The maximum absolute atomic E-state index is 10.7. The molecule has 1 N–H and O–H groups in total. The van der Waals surface area contributed by atoms with Crippen molar-refractivity contribution in [2.24, 2.45) is 0 Å². The predicted octanol–water partition coefficient (Wildman–Crippen LogP) is 1.97. The molecule has 0 amide bonds. The van der Waals surface area contributed by atoms with Crippen LogP contribution in [0.3, 0.4) is 0 Å². The number of carbonyl (C=O) groups is 1. The fourth-order valence-corrected chi connectivity index (χ4v) is 1.76. The van der Waals surface area contributed by atoms with Crippen molar-refractivity contribution >= 4 is 21.9 Å². The quantitative estimate of drug-likeness (QED) is 0.940. The normalized spacial score (nSPS) is 10.5. The van der Waals surface area contributed by atoms with Gasteiger partial charge in [-0.1, -0.05) is 21.1 Å². The van der Waals surface area contributed by atoms with E-state index in [-0.39, 0.29) is 6.42 Å². The Kier molecular flexibility index (Phi) is 3.23. The van der Waals surface area contributed by atoms with Crippen LogP contribution in [0.25, 0.3) is 5.69 Å². The minimum absolute atomic E-state index is 0.0951. The molecule has 0 atom stereocenters. The van der Waals surface area contributed by atoms with Gasteiger partial charge in [-0.25, -0.2) is 4.68 Å². The van der Waals surface area contributed by atoms with Gasteiger partial charge in [0, 0.05) is 4.47 Å². The highest BCUT2D eigenvalue weighted by molar-refractivity contribution is 9.10. The zero-order valence-electron chi connectivity index (χ0n) is 9.09. The molecule has 0 saturated heterocycles. The Labute approximate surface area is 106 Å². The van der Waals surface area contributed by atoms with E-state index < -0.39 is 5.97 Å². The monoisotopic (exact) mass is 295 g/mol. The third-order valence-corrected chi connectivity index (χ3v) is 3.23. The van der Waals surface area contributed by atoms with Crippen molar-refractivity contribution < 1.29 is 9.90 Å². The maximum Gasteiger partial charge on any atom is 0.309 e. The van der Waals surface area contributed by atoms with Crippen LogP contribution >= 0.6 is 15.9 Å². The number of nitrogens with zero attached hydrogens (tertiary/aromatic N) is 3. The second-order valence-corrected chi connectivity index (χ2v) is 4.50. The number of aromatic nitrogens is 3. The van der Waals surface area contributed by atoms with Gasteiger partial charge in [0.2, 0.25) is 0 Å². The Bertz CT molecular complexity index is 566. The van der Waals surface area contributed by atoms with Crippen molar-refractivity contribution in [3.63, 3.8) is 0 Å². The first kappa shape index (κ1) is 11.8. The summed E-state index contributed by atoms with van der Waals surface area (Å²) in [5.41, 5.74) is 2.41. The lowest BCUT2D eigenvalue weighted by atomic mass is 10.2. The highest BCUT2D eigenvalue weighted by Gasteiger charge is 2.10. The summed E-state index contributed by atoms with van der Waals surface area (Å²) in [7, 11) is 0. The van der Waals surface area contributed by atoms with Gasteiger partial charge in [-0.3, -0.25) is 4.79 Å². The first-order chi connectivity index (χ1) is 8.08. The van der Waals surface area contributed by atoms with Gasteiger partial charge in [-0.05, 0) is 30.7 Å². The number of halogens is 1. The molecule has 1 aromatic carbocycles. The maximum atomic E-state index is 10.7. The second-order valence-electron chi connectivity index (χ2n) is 3.64. The lowest BCUT2D eigenvalue weighted by Gasteiger charge is -2.06. The number of aliphatic carboxylic acids is 1. The molecule has 2 aromatic rings. The molecule has 6 heteroatoms. The first-order valence-electron chi connectivity index (χ1n) is 4.96. The summed E-state index contributed by atoms with van der Waals surface area (Å²) in [4.78, 5) is 10.7. The minimum Gasteiger partial charge on any atom is -0.481 e. The average Bonchev–Trinajstić information content (AvgIpc) is 2.69. The van der Waals surface area contributed by atoms with Crippen molar-refractivity contribution in [2.45, 2.75) is 13.3 Å². The molecule has 0 aliphatic rings. The van der Waals surface area contributed by atoms with Crippen molar-refractivity contribution in [3.05, 3.63) is 40.1 Å². The molecule has 5 nitrogen and oxygen atoms in total. The van der Waals surface area contributed by atoms with Crippen molar-refractivity contribution in [2.75, 3.05) is 0 Å². The largest absolute Gasteiger partial charge is 0.481 e. The molecule has 0 fully saturated rings. The first-order valence-corrected chi connectivity index (χ1v) is 5.75. The molecule has 0 saturated carbocycles. The molecule has 17 heavy (non-hydrogen) atoms. The number of hydrogen-bond donors (Lipinski definition) is 1. The van der Waals surface area contributed by atoms with E-state index in [1.807, 2.05) is 25.1 Å². The molecule has 0 spiro atoms. The van der Waals surface area contributed by atoms with Crippen LogP contribution in [0, 0.1) is 6.92 Å². The summed E-state index contributed by atoms with van der Waals surface area (Å²) >= 11 is 3.41. The smallest absolute Gasteiger partial charge is 0.309 e. The van der Waals surface area contributed by atoms with Gasteiger partial charge in [0.1, 0.15) is 0 Å². The summed E-state index contributed by atoms with van der Waals surface area (Å²) in [6, 6.07) is 5.68. The van der Waals surface area contributed by atoms with E-state index >= 15 is 0 Å². The third-order valence-electron chi connectivity index (χ3n) is 2.34. The van der Waals surface area contributed by atoms with Gasteiger partial charge < -0.3 is 5.11 Å². The van der Waals surface area contributed by atoms with E-state index in [1.165, 1.54) is 10.9 Å². The number of carboxylic acids is 1. The van der Waals surface area contributed by atoms with Crippen LogP contribution in [0.1, 0.15) is 11.3 Å². The Morgan fingerprint density at radius 1 is 1.53 bits per heavy atom. The number of rotatable bonds is 3. The van der Waals surface area contributed by atoms with Crippen LogP contribution in [0.15, 0.2) is 28.9 Å². The molecular formula is C11H10BrN3O2. The van der Waals surface area contributed by atoms with Crippen LogP contribution in [-0.2, 0) is 11.2 Å². The van der Waals surface area contributed by atoms with Gasteiger partial charge >= 0.3 is 5.97 Å². The summed E-state index contributed by atoms with van der Waals surface area (Å²) in [5, 5.41) is 16.4. The predicted molar refractivity (Wildman–Crippen MR) is 65.1 cm³/mol. The van der Waals surface area contributed by atoms with Crippen molar-refractivity contribution in [1.82, 2.24) is 15.0 Å². The summed E-state index contributed by atoms with van der Waals surface area (Å²) < 4.78 is 2.54. The SMILES string of the molecule is Cc1cc(-n2nncc2CC(=O)O)ccc1Br. The van der Waals surface area contributed by atoms with Crippen LogP contribution in [0.4, 0.5) is 0 Å². The van der Waals surface area contributed by atoms with E-state index in [0.29, 0.717) is 5.69 Å². The average molecular weight is 296 g/mol. The Balaban J connectivity index is 2.42. The molecule has 88 valence electrons. The van der Waals surface area contributed by atoms with Gasteiger partial charge in [0.05, 0.1) is 24.0 Å². The van der Waals surface area contributed by atoms with Crippen LogP contribution in [0.5, 0.6) is 0 Å². The van der Waals surface area contributed by atoms with E-state index in [2.05, 4.69) is 26.2 Å². The number of hydrogen-bond acceptors (Lipinski definition) is 3. The van der Waals surface area contributed by atoms with Gasteiger partial charge in [-0.15, -0.1) is 5.10 Å². The van der Waals surface area contributed by atoms with Crippen LogP contribution in [-0.4, -0.2) is 26.1 Å².